The lowest BCUT2D eigenvalue weighted by atomic mass is 10.1. The Hall–Kier alpha value is -6.55. The van der Waals surface area contributed by atoms with E-state index in [-0.39, 0.29) is 11.4 Å². The Morgan fingerprint density at radius 3 is 1.94 bits per heavy atom. The molecule has 0 saturated heterocycles. The van der Waals surface area contributed by atoms with E-state index in [9.17, 15) is 23.2 Å². The first-order valence-corrected chi connectivity index (χ1v) is 17.5. The number of nitrogens with zero attached hydrogens (tertiary/aromatic N) is 6. The highest BCUT2D eigenvalue weighted by atomic mass is 32.2. The predicted octanol–water partition coefficient (Wildman–Crippen LogP) is 10.4. The average molecular weight is 731 g/mol. The number of hydrogen-bond donors (Lipinski definition) is 5. The summed E-state index contributed by atoms with van der Waals surface area (Å²) in [7, 11) is -4.59. The van der Waals surface area contributed by atoms with Gasteiger partial charge in [-0.3, -0.25) is 4.55 Å². The molecule has 268 valence electrons. The van der Waals surface area contributed by atoms with Gasteiger partial charge in [0.1, 0.15) is 16.3 Å². The molecule has 0 aliphatic carbocycles. The maximum Gasteiger partial charge on any atom is 0.296 e. The SMILES string of the molecule is Cc1cc(N=Nc2ccc3cc(NOc4ccc(N)cc4)ccc3c2O)c(C)cc1N=Nc1ccc(N=Nc2ccc(CO)cc2S(=O)(=O)O)c(C)c1. The lowest BCUT2D eigenvalue weighted by molar-refractivity contribution is 0.281. The van der Waals surface area contributed by atoms with Gasteiger partial charge in [0.05, 0.1) is 35.0 Å². The van der Waals surface area contributed by atoms with Crippen LogP contribution in [0.4, 0.5) is 45.5 Å². The first-order chi connectivity index (χ1) is 25.4. The van der Waals surface area contributed by atoms with Crippen molar-refractivity contribution in [2.24, 2.45) is 30.7 Å². The first kappa shape index (κ1) is 36.2. The minimum atomic E-state index is -4.59. The Bertz CT molecular complexity index is 2540. The average Bonchev–Trinajstić information content (AvgIpc) is 3.14. The summed E-state index contributed by atoms with van der Waals surface area (Å²) in [4.78, 5) is 5.15. The molecule has 0 saturated carbocycles. The van der Waals surface area contributed by atoms with E-state index in [2.05, 4.69) is 36.2 Å². The van der Waals surface area contributed by atoms with Gasteiger partial charge in [0.15, 0.2) is 11.5 Å². The van der Waals surface area contributed by atoms with Crippen LogP contribution in [0.1, 0.15) is 22.3 Å². The Balaban J connectivity index is 1.14. The van der Waals surface area contributed by atoms with Gasteiger partial charge in [-0.1, -0.05) is 12.1 Å². The van der Waals surface area contributed by atoms with Crippen LogP contribution in [-0.2, 0) is 16.7 Å². The molecule has 6 aromatic carbocycles. The second-order valence-corrected chi connectivity index (χ2v) is 13.5. The molecule has 6 rings (SSSR count). The fourth-order valence-corrected chi connectivity index (χ4v) is 5.86. The normalized spacial score (nSPS) is 12.0. The Morgan fingerprint density at radius 1 is 0.660 bits per heavy atom. The highest BCUT2D eigenvalue weighted by Crippen LogP contribution is 2.38. The van der Waals surface area contributed by atoms with Gasteiger partial charge in [0.25, 0.3) is 10.1 Å². The van der Waals surface area contributed by atoms with Crippen molar-refractivity contribution in [1.82, 2.24) is 0 Å². The largest absolute Gasteiger partial charge is 0.505 e. The summed E-state index contributed by atoms with van der Waals surface area (Å²) < 4.78 is 33.2. The van der Waals surface area contributed by atoms with Gasteiger partial charge in [-0.2, -0.15) is 28.9 Å². The number of nitrogens with two attached hydrogens (primary N) is 1. The molecule has 0 aliphatic rings. The Morgan fingerprint density at radius 2 is 1.26 bits per heavy atom. The third kappa shape index (κ3) is 8.68. The van der Waals surface area contributed by atoms with E-state index in [4.69, 9.17) is 10.6 Å². The topological polar surface area (TPSA) is 216 Å². The van der Waals surface area contributed by atoms with Gasteiger partial charge >= 0.3 is 0 Å². The third-order valence-electron chi connectivity index (χ3n) is 8.12. The number of phenols is 1. The van der Waals surface area contributed by atoms with Crippen LogP contribution >= 0.6 is 0 Å². The molecule has 0 bridgehead atoms. The van der Waals surface area contributed by atoms with E-state index < -0.39 is 21.6 Å². The number of aliphatic hydroxyl groups excluding tert-OH is 1. The zero-order valence-electron chi connectivity index (χ0n) is 28.8. The number of benzene rings is 6. The zero-order valence-corrected chi connectivity index (χ0v) is 29.6. The molecule has 0 spiro atoms. The summed E-state index contributed by atoms with van der Waals surface area (Å²) in [6, 6.07) is 28.7. The van der Waals surface area contributed by atoms with Crippen molar-refractivity contribution in [2.75, 3.05) is 11.2 Å². The van der Waals surface area contributed by atoms with Gasteiger partial charge in [0.2, 0.25) is 0 Å². The van der Waals surface area contributed by atoms with Crippen LogP contribution in [0.25, 0.3) is 10.8 Å². The molecule has 0 radical (unpaired) electrons. The van der Waals surface area contributed by atoms with E-state index in [0.29, 0.717) is 62.1 Å². The standard InChI is InChI=1S/C38H34N8O6S/c1-22-16-28(9-15-32(22)41-42-33-13-4-25(21-47)19-37(33)53(49,50)51)40-44-35-17-24(3)36(18-23(35)2)45-43-34-14-5-26-20-29(8-12-31(26)38(34)48)46-52-30-10-6-27(39)7-11-30/h4-20,46-48H,21,39H2,1-3H3,(H,49,50,51). The van der Waals surface area contributed by atoms with Crippen molar-refractivity contribution >= 4 is 66.4 Å². The number of azo groups is 3. The molecule has 6 N–H and O–H groups in total. The second kappa shape index (κ2) is 15.4. The molecule has 0 heterocycles. The van der Waals surface area contributed by atoms with Crippen LogP contribution in [0.15, 0.2) is 139 Å². The Kier molecular flexibility index (Phi) is 10.5. The lowest BCUT2D eigenvalue weighted by Crippen LogP contribution is -2.04. The van der Waals surface area contributed by atoms with Crippen LogP contribution in [-0.4, -0.2) is 23.2 Å². The van der Waals surface area contributed by atoms with Crippen molar-refractivity contribution in [3.05, 3.63) is 125 Å². The highest BCUT2D eigenvalue weighted by Gasteiger charge is 2.17. The Labute approximate surface area is 304 Å². The minimum absolute atomic E-state index is 0.000564. The summed E-state index contributed by atoms with van der Waals surface area (Å²) in [5, 5.41) is 47.4. The molecule has 0 amide bonds. The highest BCUT2D eigenvalue weighted by molar-refractivity contribution is 7.86. The number of nitrogen functional groups attached to an aromatic ring is 1. The van der Waals surface area contributed by atoms with Crippen LogP contribution in [0, 0.1) is 20.8 Å². The summed E-state index contributed by atoms with van der Waals surface area (Å²) in [6.45, 7) is 5.16. The van der Waals surface area contributed by atoms with E-state index in [0.717, 1.165) is 22.6 Å². The fraction of sp³-hybridized carbons (Fsp3) is 0.105. The number of aryl methyl sites for hydroxylation is 3. The molecular formula is C38H34N8O6S. The second-order valence-electron chi connectivity index (χ2n) is 12.1. The maximum absolute atomic E-state index is 11.8. The minimum Gasteiger partial charge on any atom is -0.505 e. The number of rotatable bonds is 11. The van der Waals surface area contributed by atoms with Crippen LogP contribution in [0.2, 0.25) is 0 Å². The third-order valence-corrected chi connectivity index (χ3v) is 9.00. The zero-order chi connectivity index (χ0) is 37.7. The monoisotopic (exact) mass is 730 g/mol. The van der Waals surface area contributed by atoms with Gasteiger partial charge in [-0.05, 0) is 139 Å². The van der Waals surface area contributed by atoms with E-state index in [1.54, 1.807) is 67.6 Å². The van der Waals surface area contributed by atoms with E-state index in [1.807, 2.05) is 38.1 Å². The number of fused-ring (bicyclic) bond motifs is 1. The number of nitrogens with one attached hydrogen (secondary N) is 1. The van der Waals surface area contributed by atoms with Crippen molar-refractivity contribution in [3.63, 3.8) is 0 Å². The predicted molar refractivity (Wildman–Crippen MR) is 203 cm³/mol. The van der Waals surface area contributed by atoms with Gasteiger partial charge in [-0.25, -0.2) is 5.48 Å². The molecular weight excluding hydrogens is 697 g/mol. The summed E-state index contributed by atoms with van der Waals surface area (Å²) in [6.07, 6.45) is 0. The molecule has 0 aromatic heterocycles. The van der Waals surface area contributed by atoms with Crippen LogP contribution < -0.4 is 16.1 Å². The molecule has 6 aromatic rings. The van der Waals surface area contributed by atoms with Gasteiger partial charge in [0, 0.05) is 11.1 Å². The molecule has 0 atom stereocenters. The van der Waals surface area contributed by atoms with Crippen LogP contribution in [0.3, 0.4) is 0 Å². The van der Waals surface area contributed by atoms with Crippen molar-refractivity contribution in [1.29, 1.82) is 0 Å². The molecule has 0 aliphatic heterocycles. The smallest absolute Gasteiger partial charge is 0.296 e. The van der Waals surface area contributed by atoms with E-state index >= 15 is 0 Å². The quantitative estimate of drug-likeness (QED) is 0.0373. The van der Waals surface area contributed by atoms with E-state index in [1.165, 1.54) is 12.1 Å². The van der Waals surface area contributed by atoms with Gasteiger partial charge < -0.3 is 20.8 Å². The summed E-state index contributed by atoms with van der Waals surface area (Å²) in [5.41, 5.74) is 15.1. The summed E-state index contributed by atoms with van der Waals surface area (Å²) >= 11 is 0. The van der Waals surface area contributed by atoms with Crippen LogP contribution in [0.5, 0.6) is 11.5 Å². The van der Waals surface area contributed by atoms with Crippen molar-refractivity contribution < 1.29 is 28.0 Å². The molecule has 53 heavy (non-hydrogen) atoms. The molecule has 0 unspecified atom stereocenters. The number of phenolic OH excluding ortho intramolecular Hbond substituents is 1. The fourth-order valence-electron chi connectivity index (χ4n) is 5.19. The molecule has 14 nitrogen and oxygen atoms in total. The number of aliphatic hydroxyl groups is 1. The summed E-state index contributed by atoms with van der Waals surface area (Å²) in [5.74, 6) is 0.604. The maximum atomic E-state index is 11.8. The first-order valence-electron chi connectivity index (χ1n) is 16.1. The number of aromatic hydroxyl groups is 1. The van der Waals surface area contributed by atoms with Crippen molar-refractivity contribution in [2.45, 2.75) is 32.3 Å². The lowest BCUT2D eigenvalue weighted by Gasteiger charge is -2.10. The number of hydrogen-bond acceptors (Lipinski definition) is 13. The van der Waals surface area contributed by atoms with Crippen molar-refractivity contribution in [3.8, 4) is 11.5 Å². The number of anilines is 2. The molecule has 0 fully saturated rings. The van der Waals surface area contributed by atoms with Gasteiger partial charge in [-0.15, -0.1) is 10.2 Å². The molecule has 15 heteroatoms.